The average molecular weight is 174 g/mol. The molecule has 1 rings (SSSR count). The molecule has 12 heavy (non-hydrogen) atoms. The van der Waals surface area contributed by atoms with Crippen LogP contribution in [-0.4, -0.2) is 35.6 Å². The largest absolute Gasteiger partial charge is 0.338 e. The molecule has 1 amide bonds. The zero-order chi connectivity index (χ0) is 9.35. The van der Waals surface area contributed by atoms with E-state index in [4.69, 9.17) is 5.73 Å². The first-order chi connectivity index (χ1) is 5.42. The van der Waals surface area contributed by atoms with Gasteiger partial charge in [0.25, 0.3) is 0 Å². The monoisotopic (exact) mass is 174 g/mol. The lowest BCUT2D eigenvalue weighted by Crippen LogP contribution is -2.41. The maximum absolute atomic E-state index is 13.3. The third-order valence-corrected chi connectivity index (χ3v) is 2.12. The third-order valence-electron chi connectivity index (χ3n) is 2.12. The van der Waals surface area contributed by atoms with Gasteiger partial charge in [0.15, 0.2) is 0 Å². The number of hydrogen-bond acceptors (Lipinski definition) is 2. The normalized spacial score (nSPS) is 32.2. The van der Waals surface area contributed by atoms with Crippen molar-refractivity contribution in [1.29, 1.82) is 0 Å². The highest BCUT2D eigenvalue weighted by Crippen LogP contribution is 2.24. The van der Waals surface area contributed by atoms with Crippen molar-refractivity contribution in [2.75, 3.05) is 13.1 Å². The number of alkyl halides is 1. The van der Waals surface area contributed by atoms with E-state index in [0.717, 1.165) is 0 Å². The van der Waals surface area contributed by atoms with Gasteiger partial charge in [-0.25, -0.2) is 4.39 Å². The molecular weight excluding hydrogens is 159 g/mol. The van der Waals surface area contributed by atoms with Gasteiger partial charge in [-0.05, 0) is 13.8 Å². The van der Waals surface area contributed by atoms with E-state index in [2.05, 4.69) is 0 Å². The Morgan fingerprint density at radius 2 is 2.33 bits per heavy atom. The first-order valence-electron chi connectivity index (χ1n) is 4.16. The number of halogens is 1. The fourth-order valence-corrected chi connectivity index (χ4v) is 1.40. The van der Waals surface area contributed by atoms with Crippen LogP contribution in [0.5, 0.6) is 0 Å². The van der Waals surface area contributed by atoms with Crippen LogP contribution in [-0.2, 0) is 4.79 Å². The lowest BCUT2D eigenvalue weighted by atomic mass is 10.1. The maximum Gasteiger partial charge on any atom is 0.239 e. The lowest BCUT2D eigenvalue weighted by molar-refractivity contribution is -0.131. The number of carbonyl (C=O) groups is 1. The predicted molar refractivity (Wildman–Crippen MR) is 44.4 cm³/mol. The molecule has 0 unspecified atom stereocenters. The van der Waals surface area contributed by atoms with Gasteiger partial charge < -0.3 is 10.6 Å². The van der Waals surface area contributed by atoms with E-state index in [0.29, 0.717) is 13.0 Å². The zero-order valence-electron chi connectivity index (χ0n) is 7.51. The molecule has 1 heterocycles. The van der Waals surface area contributed by atoms with Crippen LogP contribution in [0.2, 0.25) is 0 Å². The maximum atomic E-state index is 13.3. The van der Waals surface area contributed by atoms with Crippen LogP contribution >= 0.6 is 0 Å². The van der Waals surface area contributed by atoms with Crippen molar-refractivity contribution in [3.8, 4) is 0 Å². The van der Waals surface area contributed by atoms with Crippen molar-refractivity contribution < 1.29 is 9.18 Å². The highest BCUT2D eigenvalue weighted by atomic mass is 19.1. The van der Waals surface area contributed by atoms with Crippen LogP contribution in [0.4, 0.5) is 4.39 Å². The van der Waals surface area contributed by atoms with Crippen molar-refractivity contribution in [2.45, 2.75) is 32.0 Å². The quantitative estimate of drug-likeness (QED) is 0.621. The van der Waals surface area contributed by atoms with E-state index in [9.17, 15) is 9.18 Å². The number of carbonyl (C=O) groups excluding carboxylic acids is 1. The van der Waals surface area contributed by atoms with Gasteiger partial charge in [0.2, 0.25) is 5.91 Å². The van der Waals surface area contributed by atoms with Crippen molar-refractivity contribution in [3.63, 3.8) is 0 Å². The molecule has 0 bridgehead atoms. The second-order valence-corrected chi connectivity index (χ2v) is 3.71. The molecule has 3 nitrogen and oxygen atoms in total. The Morgan fingerprint density at radius 3 is 2.67 bits per heavy atom. The highest BCUT2D eigenvalue weighted by Gasteiger charge is 2.36. The molecular formula is C8H15FN2O. The molecule has 0 saturated carbocycles. The Balaban J connectivity index is 2.53. The minimum Gasteiger partial charge on any atom is -0.338 e. The number of rotatable bonds is 1. The smallest absolute Gasteiger partial charge is 0.239 e. The number of likely N-dealkylation sites (tertiary alicyclic amines) is 1. The van der Waals surface area contributed by atoms with Crippen LogP contribution < -0.4 is 5.73 Å². The van der Waals surface area contributed by atoms with E-state index < -0.39 is 11.7 Å². The van der Waals surface area contributed by atoms with Gasteiger partial charge in [-0.3, -0.25) is 4.79 Å². The second-order valence-electron chi connectivity index (χ2n) is 3.71. The number of amides is 1. The fraction of sp³-hybridized carbons (Fsp3) is 0.875. The topological polar surface area (TPSA) is 46.3 Å². The summed E-state index contributed by atoms with van der Waals surface area (Å²) >= 11 is 0. The molecule has 0 aromatic carbocycles. The summed E-state index contributed by atoms with van der Waals surface area (Å²) in [6.07, 6.45) is 0.422. The van der Waals surface area contributed by atoms with Crippen LogP contribution in [0.1, 0.15) is 20.3 Å². The first kappa shape index (κ1) is 9.45. The Labute approximate surface area is 71.7 Å². The number of nitrogens with two attached hydrogens (primary N) is 1. The lowest BCUT2D eigenvalue weighted by Gasteiger charge is -2.19. The molecule has 4 heteroatoms. The molecule has 2 atom stereocenters. The molecule has 1 saturated heterocycles. The zero-order valence-corrected chi connectivity index (χ0v) is 7.51. The molecule has 1 fully saturated rings. The molecule has 0 radical (unpaired) electrons. The van der Waals surface area contributed by atoms with Crippen LogP contribution in [0.15, 0.2) is 0 Å². The van der Waals surface area contributed by atoms with Gasteiger partial charge in [-0.2, -0.15) is 0 Å². The van der Waals surface area contributed by atoms with Gasteiger partial charge >= 0.3 is 0 Å². The summed E-state index contributed by atoms with van der Waals surface area (Å²) in [5.74, 6) is -0.156. The fourth-order valence-electron chi connectivity index (χ4n) is 1.40. The van der Waals surface area contributed by atoms with E-state index in [1.165, 1.54) is 11.8 Å². The molecule has 70 valence electrons. The van der Waals surface area contributed by atoms with Crippen molar-refractivity contribution >= 4 is 5.91 Å². The second kappa shape index (κ2) is 3.01. The van der Waals surface area contributed by atoms with Crippen molar-refractivity contribution in [3.05, 3.63) is 0 Å². The molecule has 0 aromatic rings. The van der Waals surface area contributed by atoms with Gasteiger partial charge in [0.1, 0.15) is 5.67 Å². The van der Waals surface area contributed by atoms with Crippen LogP contribution in [0.3, 0.4) is 0 Å². The summed E-state index contributed by atoms with van der Waals surface area (Å²) < 4.78 is 13.3. The number of nitrogens with zero attached hydrogens (tertiary/aromatic N) is 1. The molecule has 0 aliphatic carbocycles. The van der Waals surface area contributed by atoms with Gasteiger partial charge in [0.05, 0.1) is 12.6 Å². The SMILES string of the molecule is C[C@@H](N)C(=O)N1CC[C@](C)(F)C1. The predicted octanol–water partition coefficient (Wildman–Crippen LogP) is 0.294. The van der Waals surface area contributed by atoms with Crippen molar-refractivity contribution in [1.82, 2.24) is 4.90 Å². The Morgan fingerprint density at radius 1 is 1.75 bits per heavy atom. The average Bonchev–Trinajstić information content (AvgIpc) is 2.28. The highest BCUT2D eigenvalue weighted by molar-refractivity contribution is 5.81. The summed E-state index contributed by atoms with van der Waals surface area (Å²) in [6.45, 7) is 3.82. The van der Waals surface area contributed by atoms with Crippen molar-refractivity contribution in [2.24, 2.45) is 5.73 Å². The Hall–Kier alpha value is -0.640. The minimum atomic E-state index is -1.22. The standard InChI is InChI=1S/C8H15FN2O/c1-6(10)7(12)11-4-3-8(2,9)5-11/h6H,3-5,10H2,1-2H3/t6-,8+/m1/s1. The van der Waals surface area contributed by atoms with Gasteiger partial charge in [-0.15, -0.1) is 0 Å². The first-order valence-corrected chi connectivity index (χ1v) is 4.16. The van der Waals surface area contributed by atoms with Gasteiger partial charge in [-0.1, -0.05) is 0 Å². The van der Waals surface area contributed by atoms with Gasteiger partial charge in [0, 0.05) is 13.0 Å². The minimum absolute atomic E-state index is 0.156. The van der Waals surface area contributed by atoms with Crippen LogP contribution in [0, 0.1) is 0 Å². The molecule has 0 spiro atoms. The molecule has 1 aliphatic rings. The summed E-state index contributed by atoms with van der Waals surface area (Å²) in [6, 6.07) is -0.515. The summed E-state index contributed by atoms with van der Waals surface area (Å²) in [5.41, 5.74) is 4.17. The molecule has 1 aliphatic heterocycles. The van der Waals surface area contributed by atoms with E-state index in [-0.39, 0.29) is 12.5 Å². The molecule has 2 N–H and O–H groups in total. The Bertz CT molecular complexity index is 191. The van der Waals surface area contributed by atoms with E-state index >= 15 is 0 Å². The van der Waals surface area contributed by atoms with E-state index in [1.54, 1.807) is 6.92 Å². The summed E-state index contributed by atoms with van der Waals surface area (Å²) in [5, 5.41) is 0. The summed E-state index contributed by atoms with van der Waals surface area (Å²) in [4.78, 5) is 12.8. The van der Waals surface area contributed by atoms with Crippen LogP contribution in [0.25, 0.3) is 0 Å². The molecule has 0 aromatic heterocycles. The number of hydrogen-bond donors (Lipinski definition) is 1. The Kier molecular flexibility index (Phi) is 2.37. The third kappa shape index (κ3) is 1.94. The van der Waals surface area contributed by atoms with E-state index in [1.807, 2.05) is 0 Å². The summed E-state index contributed by atoms with van der Waals surface area (Å²) in [7, 11) is 0.